The molecule has 318 valence electrons. The van der Waals surface area contributed by atoms with Gasteiger partial charge in [0.05, 0.1) is 0 Å². The summed E-state index contributed by atoms with van der Waals surface area (Å²) < 4.78 is 6.50. The fraction of sp³-hybridized carbons (Fsp3) is 0. The van der Waals surface area contributed by atoms with E-state index in [1.165, 1.54) is 65.3 Å². The van der Waals surface area contributed by atoms with Crippen LogP contribution in [0, 0.1) is 0 Å². The van der Waals surface area contributed by atoms with E-state index in [0.29, 0.717) is 0 Å². The molecule has 13 rings (SSSR count). The molecular formula is C66H43NO. The number of para-hydroxylation sites is 1. The minimum atomic E-state index is 0.857. The normalized spacial score (nSPS) is 11.5. The summed E-state index contributed by atoms with van der Waals surface area (Å²) in [5, 5.41) is 11.2. The summed E-state index contributed by atoms with van der Waals surface area (Å²) in [5.41, 5.74) is 14.5. The van der Waals surface area contributed by atoms with Crippen molar-refractivity contribution >= 4 is 71.1 Å². The fourth-order valence-electron chi connectivity index (χ4n) is 10.2. The summed E-state index contributed by atoms with van der Waals surface area (Å²) in [6, 6.07) is 94.4. The largest absolute Gasteiger partial charge is 0.456 e. The summed E-state index contributed by atoms with van der Waals surface area (Å²) in [7, 11) is 0. The van der Waals surface area contributed by atoms with Crippen molar-refractivity contribution in [3.8, 4) is 55.8 Å². The summed E-state index contributed by atoms with van der Waals surface area (Å²) in [4.78, 5) is 2.36. The van der Waals surface area contributed by atoms with Crippen LogP contribution in [0.4, 0.5) is 17.1 Å². The molecule has 0 spiro atoms. The molecule has 2 heteroatoms. The van der Waals surface area contributed by atoms with Crippen molar-refractivity contribution in [2.75, 3.05) is 4.90 Å². The molecule has 0 radical (unpaired) electrons. The third-order valence-corrected chi connectivity index (χ3v) is 13.7. The second-order valence-corrected chi connectivity index (χ2v) is 17.7. The molecule has 0 N–H and O–H groups in total. The number of anilines is 3. The van der Waals surface area contributed by atoms with E-state index in [1.807, 2.05) is 12.1 Å². The first-order valence-corrected chi connectivity index (χ1v) is 23.3. The Morgan fingerprint density at radius 2 is 0.706 bits per heavy atom. The quantitative estimate of drug-likeness (QED) is 0.142. The molecule has 0 aliphatic heterocycles. The van der Waals surface area contributed by atoms with Gasteiger partial charge in [-0.15, -0.1) is 0 Å². The monoisotopic (exact) mass is 865 g/mol. The maximum absolute atomic E-state index is 6.50. The molecule has 1 heterocycles. The van der Waals surface area contributed by atoms with Gasteiger partial charge in [-0.05, 0) is 154 Å². The van der Waals surface area contributed by atoms with Gasteiger partial charge in [0.2, 0.25) is 0 Å². The predicted octanol–water partition coefficient (Wildman–Crippen LogP) is 18.9. The third-order valence-electron chi connectivity index (χ3n) is 13.7. The van der Waals surface area contributed by atoms with Crippen molar-refractivity contribution in [2.45, 2.75) is 0 Å². The van der Waals surface area contributed by atoms with E-state index in [2.05, 4.69) is 254 Å². The Morgan fingerprint density at radius 1 is 0.235 bits per heavy atom. The average Bonchev–Trinajstić information content (AvgIpc) is 3.86. The van der Waals surface area contributed by atoms with Crippen molar-refractivity contribution in [1.82, 2.24) is 0 Å². The topological polar surface area (TPSA) is 16.4 Å². The molecule has 0 amide bonds. The highest BCUT2D eigenvalue weighted by molar-refractivity contribution is 6.14. The molecule has 0 aliphatic rings. The predicted molar refractivity (Wildman–Crippen MR) is 288 cm³/mol. The van der Waals surface area contributed by atoms with E-state index in [-0.39, 0.29) is 0 Å². The number of hydrogen-bond acceptors (Lipinski definition) is 2. The Labute approximate surface area is 395 Å². The minimum Gasteiger partial charge on any atom is -0.456 e. The lowest BCUT2D eigenvalue weighted by Crippen LogP contribution is -2.09. The molecule has 0 bridgehead atoms. The SMILES string of the molecule is c1ccc(-c2ccc(-c3ccc(N(c4ccc(-c5ccc6c(ccc7ccccc76)c5)cc4)c4ccc(-c5cc6ccccc6c6ccccc56)cc4)cc3)cc2-c2cc3ccccc3o2)cc1. The Morgan fingerprint density at radius 3 is 1.40 bits per heavy atom. The number of rotatable bonds is 8. The second-order valence-electron chi connectivity index (χ2n) is 17.7. The smallest absolute Gasteiger partial charge is 0.136 e. The summed E-state index contributed by atoms with van der Waals surface area (Å²) in [5.74, 6) is 0.857. The Balaban J connectivity index is 0.893. The molecule has 68 heavy (non-hydrogen) atoms. The number of furan rings is 1. The van der Waals surface area contributed by atoms with Crippen LogP contribution < -0.4 is 4.90 Å². The van der Waals surface area contributed by atoms with E-state index in [0.717, 1.165) is 61.6 Å². The molecule has 0 saturated heterocycles. The van der Waals surface area contributed by atoms with Gasteiger partial charge in [0.25, 0.3) is 0 Å². The van der Waals surface area contributed by atoms with Crippen molar-refractivity contribution in [2.24, 2.45) is 0 Å². The molecule has 0 unspecified atom stereocenters. The molecule has 0 fully saturated rings. The molecule has 1 aromatic heterocycles. The van der Waals surface area contributed by atoms with Gasteiger partial charge in [0, 0.05) is 28.0 Å². The van der Waals surface area contributed by atoms with E-state index in [4.69, 9.17) is 4.42 Å². The Hall–Kier alpha value is -8.98. The zero-order valence-corrected chi connectivity index (χ0v) is 37.2. The highest BCUT2D eigenvalue weighted by atomic mass is 16.3. The maximum atomic E-state index is 6.50. The first-order chi connectivity index (χ1) is 33.7. The highest BCUT2D eigenvalue weighted by Gasteiger charge is 2.18. The van der Waals surface area contributed by atoms with Crippen LogP contribution >= 0.6 is 0 Å². The van der Waals surface area contributed by atoms with Crippen LogP contribution in [0.1, 0.15) is 0 Å². The maximum Gasteiger partial charge on any atom is 0.136 e. The van der Waals surface area contributed by atoms with Gasteiger partial charge in [-0.25, -0.2) is 0 Å². The average molecular weight is 866 g/mol. The number of fused-ring (bicyclic) bond motifs is 7. The molecular weight excluding hydrogens is 823 g/mol. The van der Waals surface area contributed by atoms with E-state index >= 15 is 0 Å². The third kappa shape index (κ3) is 6.99. The fourth-order valence-corrected chi connectivity index (χ4v) is 10.2. The van der Waals surface area contributed by atoms with E-state index < -0.39 is 0 Å². The van der Waals surface area contributed by atoms with Gasteiger partial charge < -0.3 is 9.32 Å². The first-order valence-electron chi connectivity index (χ1n) is 23.3. The van der Waals surface area contributed by atoms with Crippen LogP contribution in [0.25, 0.3) is 110 Å². The van der Waals surface area contributed by atoms with Crippen LogP contribution in [0.15, 0.2) is 265 Å². The number of nitrogens with zero attached hydrogens (tertiary/aromatic N) is 1. The Bertz CT molecular complexity index is 3960. The van der Waals surface area contributed by atoms with Crippen molar-refractivity contribution < 1.29 is 4.42 Å². The van der Waals surface area contributed by atoms with Gasteiger partial charge in [-0.2, -0.15) is 0 Å². The van der Waals surface area contributed by atoms with Gasteiger partial charge in [-0.1, -0.05) is 194 Å². The van der Waals surface area contributed by atoms with Crippen LogP contribution in [-0.4, -0.2) is 0 Å². The molecule has 0 atom stereocenters. The summed E-state index contributed by atoms with van der Waals surface area (Å²) in [6.07, 6.45) is 0. The number of hydrogen-bond donors (Lipinski definition) is 0. The van der Waals surface area contributed by atoms with Crippen LogP contribution in [0.3, 0.4) is 0 Å². The van der Waals surface area contributed by atoms with Gasteiger partial charge >= 0.3 is 0 Å². The zero-order valence-electron chi connectivity index (χ0n) is 37.2. The van der Waals surface area contributed by atoms with Gasteiger partial charge in [0.15, 0.2) is 0 Å². The van der Waals surface area contributed by atoms with E-state index in [9.17, 15) is 0 Å². The molecule has 13 aromatic rings. The number of benzene rings is 12. The molecule has 12 aromatic carbocycles. The lowest BCUT2D eigenvalue weighted by atomic mass is 9.93. The lowest BCUT2D eigenvalue weighted by molar-refractivity contribution is 0.632. The molecule has 0 saturated carbocycles. The Kier molecular flexibility index (Phi) is 9.54. The standard InChI is InChI=1S/C66H43NO/c1-2-12-46(13-3-1)59-38-31-50(41-64(59)66-43-53-16-6-11-21-65(53)68-66)45-26-34-55(35-27-45)67(54-32-24-44(25-33-54)49-30-39-60-52(40-49)23-22-47-14-4-7-17-57(47)60)56-36-28-48(29-37-56)63-42-51-15-5-8-18-58(51)61-19-9-10-20-62(61)63/h1-43H. The summed E-state index contributed by atoms with van der Waals surface area (Å²) in [6.45, 7) is 0. The van der Waals surface area contributed by atoms with Crippen LogP contribution in [-0.2, 0) is 0 Å². The van der Waals surface area contributed by atoms with Crippen LogP contribution in [0.5, 0.6) is 0 Å². The van der Waals surface area contributed by atoms with E-state index in [1.54, 1.807) is 0 Å². The van der Waals surface area contributed by atoms with Crippen molar-refractivity contribution in [1.29, 1.82) is 0 Å². The molecule has 0 aliphatic carbocycles. The van der Waals surface area contributed by atoms with Gasteiger partial charge in [0.1, 0.15) is 11.3 Å². The second kappa shape index (κ2) is 16.5. The first kappa shape index (κ1) is 39.4. The minimum absolute atomic E-state index is 0.857. The molecule has 2 nitrogen and oxygen atoms in total. The lowest BCUT2D eigenvalue weighted by Gasteiger charge is -2.26. The van der Waals surface area contributed by atoms with Crippen molar-refractivity contribution in [3.63, 3.8) is 0 Å². The zero-order chi connectivity index (χ0) is 45.0. The summed E-state index contributed by atoms with van der Waals surface area (Å²) >= 11 is 0. The highest BCUT2D eigenvalue weighted by Crippen LogP contribution is 2.42. The van der Waals surface area contributed by atoms with Crippen LogP contribution in [0.2, 0.25) is 0 Å². The van der Waals surface area contributed by atoms with Crippen molar-refractivity contribution in [3.05, 3.63) is 261 Å². The van der Waals surface area contributed by atoms with Gasteiger partial charge in [-0.3, -0.25) is 0 Å².